The number of carbonyl (C=O) groups excluding carboxylic acids is 1. The molecule has 2 aliphatic heterocycles. The van der Waals surface area contributed by atoms with E-state index in [1.165, 1.54) is 7.11 Å². The molecule has 0 aromatic heterocycles. The molecule has 110 valence electrons. The number of hydrogen-bond donors (Lipinski definition) is 2. The number of hydrogen-bond acceptors (Lipinski definition) is 4. The Morgan fingerprint density at radius 1 is 1.19 bits per heavy atom. The van der Waals surface area contributed by atoms with Gasteiger partial charge in [0.25, 0.3) is 0 Å². The summed E-state index contributed by atoms with van der Waals surface area (Å²) in [5.41, 5.74) is 0.515. The van der Waals surface area contributed by atoms with Crippen molar-refractivity contribution in [3.05, 3.63) is 36.4 Å². The third kappa shape index (κ3) is 2.27. The summed E-state index contributed by atoms with van der Waals surface area (Å²) >= 11 is 0. The summed E-state index contributed by atoms with van der Waals surface area (Å²) in [5.74, 6) is -2.45. The number of carbonyl (C=O) groups is 2. The van der Waals surface area contributed by atoms with E-state index in [1.54, 1.807) is 36.4 Å². The lowest BCUT2D eigenvalue weighted by molar-refractivity contribution is -0.145. The fourth-order valence-electron chi connectivity index (χ4n) is 2.88. The largest absolute Gasteiger partial charge is 0.495 e. The van der Waals surface area contributed by atoms with Crippen LogP contribution < -0.4 is 10.1 Å². The van der Waals surface area contributed by atoms with Crippen molar-refractivity contribution in [1.29, 1.82) is 0 Å². The van der Waals surface area contributed by atoms with Gasteiger partial charge in [-0.1, -0.05) is 24.3 Å². The van der Waals surface area contributed by atoms with Gasteiger partial charge in [-0.25, -0.2) is 0 Å². The number of ether oxygens (including phenoxy) is 2. The van der Waals surface area contributed by atoms with E-state index < -0.39 is 30.0 Å². The Bertz CT molecular complexity index is 612. The van der Waals surface area contributed by atoms with Crippen LogP contribution in [0.15, 0.2) is 36.4 Å². The molecule has 1 saturated heterocycles. The fourth-order valence-corrected chi connectivity index (χ4v) is 2.88. The van der Waals surface area contributed by atoms with E-state index in [2.05, 4.69) is 5.32 Å². The van der Waals surface area contributed by atoms with Crippen LogP contribution in [0.5, 0.6) is 5.75 Å². The highest BCUT2D eigenvalue weighted by Crippen LogP contribution is 2.40. The average molecular weight is 289 g/mol. The zero-order chi connectivity index (χ0) is 15.0. The summed E-state index contributed by atoms with van der Waals surface area (Å²) in [7, 11) is 1.51. The molecule has 1 aromatic rings. The number of anilines is 1. The molecule has 1 fully saturated rings. The number of rotatable bonds is 4. The van der Waals surface area contributed by atoms with Gasteiger partial charge in [0.15, 0.2) is 0 Å². The molecule has 1 aromatic carbocycles. The van der Waals surface area contributed by atoms with Crippen LogP contribution in [0.1, 0.15) is 0 Å². The Hall–Kier alpha value is -2.34. The van der Waals surface area contributed by atoms with E-state index in [4.69, 9.17) is 9.47 Å². The van der Waals surface area contributed by atoms with Crippen LogP contribution in [-0.2, 0) is 14.3 Å². The van der Waals surface area contributed by atoms with Crippen LogP contribution in [0.25, 0.3) is 0 Å². The summed E-state index contributed by atoms with van der Waals surface area (Å²) in [6.45, 7) is 0. The van der Waals surface area contributed by atoms with Gasteiger partial charge in [0.2, 0.25) is 5.91 Å². The molecule has 4 atom stereocenters. The molecule has 0 spiro atoms. The Labute approximate surface area is 121 Å². The van der Waals surface area contributed by atoms with E-state index in [-0.39, 0.29) is 5.91 Å². The van der Waals surface area contributed by atoms with Crippen molar-refractivity contribution in [3.8, 4) is 5.75 Å². The summed E-state index contributed by atoms with van der Waals surface area (Å²) in [4.78, 5) is 23.8. The second kappa shape index (κ2) is 5.21. The van der Waals surface area contributed by atoms with Gasteiger partial charge in [-0.15, -0.1) is 0 Å². The van der Waals surface area contributed by atoms with Crippen LogP contribution in [-0.4, -0.2) is 36.3 Å². The number of amides is 1. The minimum Gasteiger partial charge on any atom is -0.495 e. The standard InChI is InChI=1S/C15H15NO5/c1-20-9-5-3-2-4-8(9)16-14(17)12-10-6-7-11(21-10)13(12)15(18)19/h2-7,10-13H,1H3,(H,16,17)(H,18,19)/t10-,11+,12+,13-/m0/s1. The maximum atomic E-state index is 12.4. The highest BCUT2D eigenvalue weighted by molar-refractivity contribution is 5.97. The number of aliphatic carboxylic acids is 1. The van der Waals surface area contributed by atoms with Crippen LogP contribution in [0, 0.1) is 11.8 Å². The summed E-state index contributed by atoms with van der Waals surface area (Å²) in [6, 6.07) is 6.99. The number of benzene rings is 1. The molecule has 2 aliphatic rings. The first kappa shape index (κ1) is 13.6. The van der Waals surface area contributed by atoms with Gasteiger partial charge in [0.1, 0.15) is 11.7 Å². The maximum Gasteiger partial charge on any atom is 0.310 e. The van der Waals surface area contributed by atoms with Gasteiger partial charge in [0.05, 0.1) is 30.9 Å². The number of carboxylic acids is 1. The quantitative estimate of drug-likeness (QED) is 0.816. The predicted molar refractivity (Wildman–Crippen MR) is 74.0 cm³/mol. The number of fused-ring (bicyclic) bond motifs is 2. The summed E-state index contributed by atoms with van der Waals surface area (Å²) < 4.78 is 10.7. The molecule has 2 heterocycles. The minimum absolute atomic E-state index is 0.372. The van der Waals surface area contributed by atoms with Gasteiger partial charge in [-0.2, -0.15) is 0 Å². The molecule has 6 nitrogen and oxygen atoms in total. The van der Waals surface area contributed by atoms with Crippen LogP contribution in [0.3, 0.4) is 0 Å². The lowest BCUT2D eigenvalue weighted by Gasteiger charge is -2.21. The third-order valence-electron chi connectivity index (χ3n) is 3.85. The fraction of sp³-hybridized carbons (Fsp3) is 0.333. The van der Waals surface area contributed by atoms with Crippen LogP contribution in [0.2, 0.25) is 0 Å². The Kier molecular flexibility index (Phi) is 3.39. The molecule has 2 N–H and O–H groups in total. The van der Waals surface area contributed by atoms with E-state index in [0.29, 0.717) is 11.4 Å². The lowest BCUT2D eigenvalue weighted by atomic mass is 9.82. The van der Waals surface area contributed by atoms with Gasteiger partial charge < -0.3 is 19.9 Å². The summed E-state index contributed by atoms with van der Waals surface area (Å²) in [6.07, 6.45) is 2.44. The minimum atomic E-state index is -1.02. The van der Waals surface area contributed by atoms with Gasteiger partial charge in [0, 0.05) is 0 Å². The number of nitrogens with one attached hydrogen (secondary N) is 1. The molecular weight excluding hydrogens is 274 g/mol. The maximum absolute atomic E-state index is 12.4. The average Bonchev–Trinajstić information content (AvgIpc) is 3.08. The van der Waals surface area contributed by atoms with Crippen molar-refractivity contribution < 1.29 is 24.2 Å². The Morgan fingerprint density at radius 2 is 1.86 bits per heavy atom. The summed E-state index contributed by atoms with van der Waals surface area (Å²) in [5, 5.41) is 12.0. The molecule has 2 bridgehead atoms. The SMILES string of the molecule is COc1ccccc1NC(=O)[C@H]1[C@@H](C(=O)O)[C@H]2C=C[C@@H]1O2. The van der Waals surface area contributed by atoms with Gasteiger partial charge in [-0.05, 0) is 12.1 Å². The van der Waals surface area contributed by atoms with E-state index in [1.807, 2.05) is 0 Å². The monoisotopic (exact) mass is 289 g/mol. The molecular formula is C15H15NO5. The molecule has 21 heavy (non-hydrogen) atoms. The predicted octanol–water partition coefficient (Wildman–Crippen LogP) is 1.29. The zero-order valence-corrected chi connectivity index (χ0v) is 11.4. The Morgan fingerprint density at radius 3 is 2.52 bits per heavy atom. The number of carboxylic acid groups (broad SMARTS) is 1. The Balaban J connectivity index is 1.82. The van der Waals surface area contributed by atoms with Crippen molar-refractivity contribution in [2.45, 2.75) is 12.2 Å². The molecule has 3 rings (SSSR count). The molecule has 0 saturated carbocycles. The number of para-hydroxylation sites is 2. The molecule has 0 radical (unpaired) electrons. The number of methoxy groups -OCH3 is 1. The van der Waals surface area contributed by atoms with Gasteiger partial charge >= 0.3 is 5.97 Å². The lowest BCUT2D eigenvalue weighted by Crippen LogP contribution is -2.39. The van der Waals surface area contributed by atoms with Gasteiger partial charge in [-0.3, -0.25) is 9.59 Å². The van der Waals surface area contributed by atoms with Crippen LogP contribution in [0.4, 0.5) is 5.69 Å². The third-order valence-corrected chi connectivity index (χ3v) is 3.85. The molecule has 0 aliphatic carbocycles. The first-order valence-electron chi connectivity index (χ1n) is 6.62. The topological polar surface area (TPSA) is 84.9 Å². The molecule has 0 unspecified atom stereocenters. The second-order valence-electron chi connectivity index (χ2n) is 5.03. The normalized spacial score (nSPS) is 29.4. The first-order valence-corrected chi connectivity index (χ1v) is 6.62. The molecule has 6 heteroatoms. The smallest absolute Gasteiger partial charge is 0.310 e. The first-order chi connectivity index (χ1) is 10.1. The zero-order valence-electron chi connectivity index (χ0n) is 11.4. The van der Waals surface area contributed by atoms with E-state index >= 15 is 0 Å². The highest BCUT2D eigenvalue weighted by atomic mass is 16.5. The van der Waals surface area contributed by atoms with E-state index in [9.17, 15) is 14.7 Å². The van der Waals surface area contributed by atoms with E-state index in [0.717, 1.165) is 0 Å². The van der Waals surface area contributed by atoms with Crippen molar-refractivity contribution in [1.82, 2.24) is 0 Å². The van der Waals surface area contributed by atoms with Crippen molar-refractivity contribution in [2.24, 2.45) is 11.8 Å². The van der Waals surface area contributed by atoms with Crippen molar-refractivity contribution >= 4 is 17.6 Å². The molecule has 1 amide bonds. The van der Waals surface area contributed by atoms with Crippen molar-refractivity contribution in [3.63, 3.8) is 0 Å². The van der Waals surface area contributed by atoms with Crippen LogP contribution >= 0.6 is 0 Å². The van der Waals surface area contributed by atoms with Crippen molar-refractivity contribution in [2.75, 3.05) is 12.4 Å². The second-order valence-corrected chi connectivity index (χ2v) is 5.03. The highest BCUT2D eigenvalue weighted by Gasteiger charge is 2.53.